The number of amides is 1. The van der Waals surface area contributed by atoms with Crippen molar-refractivity contribution in [2.45, 2.75) is 18.9 Å². The van der Waals surface area contributed by atoms with E-state index in [9.17, 15) is 4.79 Å². The van der Waals surface area contributed by atoms with Crippen molar-refractivity contribution in [2.24, 2.45) is 0 Å². The second-order valence-electron chi connectivity index (χ2n) is 3.79. The average Bonchev–Trinajstić information content (AvgIpc) is 2.83. The number of nitrogens with one attached hydrogen (secondary N) is 1. The minimum atomic E-state index is -0.0762. The Kier molecular flexibility index (Phi) is 3.56. The first-order chi connectivity index (χ1) is 7.79. The van der Waals surface area contributed by atoms with Crippen molar-refractivity contribution in [1.29, 1.82) is 0 Å². The van der Waals surface area contributed by atoms with Gasteiger partial charge < -0.3 is 10.2 Å². The lowest BCUT2D eigenvalue weighted by molar-refractivity contribution is -0.117. The zero-order chi connectivity index (χ0) is 11.4. The van der Waals surface area contributed by atoms with Crippen LogP contribution in [-0.2, 0) is 4.79 Å². The summed E-state index contributed by atoms with van der Waals surface area (Å²) in [7, 11) is 0. The second kappa shape index (κ2) is 5.12. The Morgan fingerprint density at radius 2 is 2.38 bits per heavy atom. The van der Waals surface area contributed by atoms with Crippen molar-refractivity contribution in [3.05, 3.63) is 24.2 Å². The second-order valence-corrected chi connectivity index (χ2v) is 4.66. The molecule has 1 N–H and O–H groups in total. The molecule has 0 aliphatic carbocycles. The number of carbonyl (C=O) groups excluding carboxylic acids is 1. The number of hydrogen-bond donors (Lipinski definition) is 1. The standard InChI is InChI=1S/C11H15N3OS/c1-2-10(15)13-9-3-6-14(7-4-9)11-12-5-8-16-11/h2,5,8-9H,1,3-4,6-7H2,(H,13,15). The fourth-order valence-corrected chi connectivity index (χ4v) is 2.54. The normalized spacial score (nSPS) is 17.1. The molecule has 2 rings (SSSR count). The third kappa shape index (κ3) is 2.61. The molecule has 0 radical (unpaired) electrons. The first-order valence-corrected chi connectivity index (χ1v) is 6.25. The van der Waals surface area contributed by atoms with Crippen LogP contribution in [0.3, 0.4) is 0 Å². The third-order valence-electron chi connectivity index (χ3n) is 2.72. The Hall–Kier alpha value is -1.36. The van der Waals surface area contributed by atoms with Gasteiger partial charge in [0.05, 0.1) is 0 Å². The van der Waals surface area contributed by atoms with Crippen LogP contribution in [0.1, 0.15) is 12.8 Å². The molecule has 0 aromatic carbocycles. The smallest absolute Gasteiger partial charge is 0.243 e. The van der Waals surface area contributed by atoms with Gasteiger partial charge in [0.25, 0.3) is 0 Å². The van der Waals surface area contributed by atoms with Gasteiger partial charge in [-0.15, -0.1) is 11.3 Å². The van der Waals surface area contributed by atoms with E-state index in [1.54, 1.807) is 11.3 Å². The number of carbonyl (C=O) groups is 1. The van der Waals surface area contributed by atoms with Crippen LogP contribution in [0.15, 0.2) is 24.2 Å². The Bertz CT molecular complexity index is 355. The molecule has 5 heteroatoms. The van der Waals surface area contributed by atoms with Gasteiger partial charge in [-0.05, 0) is 18.9 Å². The van der Waals surface area contributed by atoms with Gasteiger partial charge in [-0.2, -0.15) is 0 Å². The fraction of sp³-hybridized carbons (Fsp3) is 0.455. The van der Waals surface area contributed by atoms with E-state index in [-0.39, 0.29) is 11.9 Å². The lowest BCUT2D eigenvalue weighted by Gasteiger charge is -2.31. The van der Waals surface area contributed by atoms with Crippen LogP contribution in [0.25, 0.3) is 0 Å². The third-order valence-corrected chi connectivity index (χ3v) is 3.55. The summed E-state index contributed by atoms with van der Waals surface area (Å²) in [6, 6.07) is 0.279. The van der Waals surface area contributed by atoms with Crippen molar-refractivity contribution >= 4 is 22.4 Å². The Morgan fingerprint density at radius 3 is 2.94 bits per heavy atom. The minimum absolute atomic E-state index is 0.0762. The monoisotopic (exact) mass is 237 g/mol. The number of anilines is 1. The number of aromatic nitrogens is 1. The Morgan fingerprint density at radius 1 is 1.62 bits per heavy atom. The SMILES string of the molecule is C=CC(=O)NC1CCN(c2nccs2)CC1. The lowest BCUT2D eigenvalue weighted by atomic mass is 10.1. The quantitative estimate of drug-likeness (QED) is 0.809. The van der Waals surface area contributed by atoms with Gasteiger partial charge in [-0.3, -0.25) is 4.79 Å². The van der Waals surface area contributed by atoms with Gasteiger partial charge >= 0.3 is 0 Å². The van der Waals surface area contributed by atoms with Gasteiger partial charge in [-0.25, -0.2) is 4.98 Å². The maximum Gasteiger partial charge on any atom is 0.243 e. The van der Waals surface area contributed by atoms with E-state index < -0.39 is 0 Å². The first-order valence-electron chi connectivity index (χ1n) is 5.37. The van der Waals surface area contributed by atoms with Gasteiger partial charge in [-0.1, -0.05) is 6.58 Å². The van der Waals surface area contributed by atoms with E-state index in [0.717, 1.165) is 31.1 Å². The summed E-state index contributed by atoms with van der Waals surface area (Å²) in [5.41, 5.74) is 0. The molecule has 1 fully saturated rings. The number of thiazole rings is 1. The van der Waals surface area contributed by atoms with Crippen LogP contribution in [0.5, 0.6) is 0 Å². The van der Waals surface area contributed by atoms with Gasteiger partial charge in [0, 0.05) is 30.7 Å². The van der Waals surface area contributed by atoms with E-state index in [1.807, 2.05) is 11.6 Å². The number of hydrogen-bond acceptors (Lipinski definition) is 4. The first kappa shape index (κ1) is 11.1. The summed E-state index contributed by atoms with van der Waals surface area (Å²) < 4.78 is 0. The molecule has 0 saturated carbocycles. The molecule has 0 spiro atoms. The van der Waals surface area contributed by atoms with Crippen molar-refractivity contribution in [1.82, 2.24) is 10.3 Å². The van der Waals surface area contributed by atoms with E-state index in [0.29, 0.717) is 0 Å². The summed E-state index contributed by atoms with van der Waals surface area (Å²) in [5, 5.41) is 6.00. The Balaban J connectivity index is 1.83. The molecule has 1 aliphatic rings. The predicted octanol–water partition coefficient (Wildman–Crippen LogP) is 1.41. The number of piperidine rings is 1. The molecular formula is C11H15N3OS. The van der Waals surface area contributed by atoms with Crippen LogP contribution in [0.4, 0.5) is 5.13 Å². The van der Waals surface area contributed by atoms with Gasteiger partial charge in [0.1, 0.15) is 0 Å². The molecular weight excluding hydrogens is 222 g/mol. The van der Waals surface area contributed by atoms with E-state index in [1.165, 1.54) is 6.08 Å². The van der Waals surface area contributed by atoms with Crippen molar-refractivity contribution < 1.29 is 4.79 Å². The minimum Gasteiger partial charge on any atom is -0.350 e. The van der Waals surface area contributed by atoms with Crippen LogP contribution >= 0.6 is 11.3 Å². The van der Waals surface area contributed by atoms with Crippen molar-refractivity contribution in [3.63, 3.8) is 0 Å². The zero-order valence-corrected chi connectivity index (χ0v) is 9.87. The fourth-order valence-electron chi connectivity index (χ4n) is 1.85. The zero-order valence-electron chi connectivity index (χ0n) is 9.06. The predicted molar refractivity (Wildman–Crippen MR) is 65.7 cm³/mol. The molecule has 0 atom stereocenters. The van der Waals surface area contributed by atoms with E-state index in [4.69, 9.17) is 0 Å². The highest BCUT2D eigenvalue weighted by Gasteiger charge is 2.21. The summed E-state index contributed by atoms with van der Waals surface area (Å²) in [6.07, 6.45) is 5.09. The van der Waals surface area contributed by atoms with Gasteiger partial charge in [0.2, 0.25) is 5.91 Å². The maximum absolute atomic E-state index is 11.1. The molecule has 16 heavy (non-hydrogen) atoms. The molecule has 1 saturated heterocycles. The number of nitrogens with zero attached hydrogens (tertiary/aromatic N) is 2. The topological polar surface area (TPSA) is 45.2 Å². The Labute approximate surface area is 99.0 Å². The number of rotatable bonds is 3. The van der Waals surface area contributed by atoms with Crippen LogP contribution < -0.4 is 10.2 Å². The van der Waals surface area contributed by atoms with Crippen LogP contribution in [0.2, 0.25) is 0 Å². The highest BCUT2D eigenvalue weighted by Crippen LogP contribution is 2.21. The molecule has 86 valence electrons. The van der Waals surface area contributed by atoms with E-state index in [2.05, 4.69) is 21.8 Å². The molecule has 2 heterocycles. The van der Waals surface area contributed by atoms with Crippen molar-refractivity contribution in [3.8, 4) is 0 Å². The molecule has 1 aromatic heterocycles. The molecule has 1 aliphatic heterocycles. The molecule has 0 bridgehead atoms. The summed E-state index contributed by atoms with van der Waals surface area (Å²) >= 11 is 1.66. The van der Waals surface area contributed by atoms with Crippen LogP contribution in [0, 0.1) is 0 Å². The molecule has 4 nitrogen and oxygen atoms in total. The molecule has 1 amide bonds. The van der Waals surface area contributed by atoms with Crippen LogP contribution in [-0.4, -0.2) is 30.0 Å². The highest BCUT2D eigenvalue weighted by atomic mass is 32.1. The highest BCUT2D eigenvalue weighted by molar-refractivity contribution is 7.13. The van der Waals surface area contributed by atoms with E-state index >= 15 is 0 Å². The molecule has 0 unspecified atom stereocenters. The van der Waals surface area contributed by atoms with Crippen molar-refractivity contribution in [2.75, 3.05) is 18.0 Å². The average molecular weight is 237 g/mol. The summed E-state index contributed by atoms with van der Waals surface area (Å²) in [4.78, 5) is 17.7. The summed E-state index contributed by atoms with van der Waals surface area (Å²) in [6.45, 7) is 5.36. The van der Waals surface area contributed by atoms with Gasteiger partial charge in [0.15, 0.2) is 5.13 Å². The maximum atomic E-state index is 11.1. The largest absolute Gasteiger partial charge is 0.350 e. The lowest BCUT2D eigenvalue weighted by Crippen LogP contribution is -2.44. The molecule has 1 aromatic rings. The summed E-state index contributed by atoms with van der Waals surface area (Å²) in [5.74, 6) is -0.0762.